The van der Waals surface area contributed by atoms with Crippen LogP contribution in [0.3, 0.4) is 0 Å². The molecule has 4 rings (SSSR count). The van der Waals surface area contributed by atoms with E-state index in [0.717, 1.165) is 36.4 Å². The number of carbonyl (C=O) groups is 2. The Hall–Kier alpha value is -5.78. The van der Waals surface area contributed by atoms with Gasteiger partial charge in [-0.25, -0.2) is 8.42 Å². The van der Waals surface area contributed by atoms with Crippen molar-refractivity contribution < 1.29 is 70.7 Å². The highest BCUT2D eigenvalue weighted by Gasteiger charge is 2.41. The van der Waals surface area contributed by atoms with Crippen molar-refractivity contribution in [2.24, 2.45) is 32.9 Å². The molecule has 0 aliphatic rings. The molecular formula is C36H30F12N6O4S2. The predicted molar refractivity (Wildman–Crippen MR) is 194 cm³/mol. The lowest BCUT2D eigenvalue weighted by molar-refractivity contribution is -0.140. The van der Waals surface area contributed by atoms with Crippen LogP contribution in [-0.2, 0) is 47.4 Å². The van der Waals surface area contributed by atoms with E-state index in [9.17, 15) is 70.7 Å². The average molecular weight is 903 g/mol. The number of sulfone groups is 1. The van der Waals surface area contributed by atoms with Gasteiger partial charge in [-0.05, 0) is 84.6 Å². The summed E-state index contributed by atoms with van der Waals surface area (Å²) < 4.78 is 185. The Morgan fingerprint density at radius 2 is 1.02 bits per heavy atom. The molecule has 60 heavy (non-hydrogen) atoms. The number of alkyl halides is 12. The van der Waals surface area contributed by atoms with Gasteiger partial charge in [0.25, 0.3) is 11.8 Å². The molecule has 0 heterocycles. The maximum absolute atomic E-state index is 13.7. The monoisotopic (exact) mass is 902 g/mol. The smallest absolute Gasteiger partial charge is 0.370 e. The first-order valence-electron chi connectivity index (χ1n) is 16.4. The molecule has 4 aromatic carbocycles. The van der Waals surface area contributed by atoms with Crippen LogP contribution >= 0.6 is 11.8 Å². The summed E-state index contributed by atoms with van der Waals surface area (Å²) in [5, 5.41) is 0. The van der Waals surface area contributed by atoms with E-state index in [1.54, 1.807) is 6.92 Å². The third-order valence-corrected chi connectivity index (χ3v) is 10.7. The Morgan fingerprint density at radius 3 is 1.45 bits per heavy atom. The molecular weight excluding hydrogens is 873 g/mol. The summed E-state index contributed by atoms with van der Waals surface area (Å²) in [5.74, 6) is -3.59. The number of nitrogens with zero attached hydrogens (tertiary/aromatic N) is 2. The molecule has 0 spiro atoms. The molecule has 0 fully saturated rings. The number of nitrogens with two attached hydrogens (primary N) is 4. The molecule has 0 aromatic heterocycles. The summed E-state index contributed by atoms with van der Waals surface area (Å²) in [6.07, 6.45) is -19.6. The standard InChI is InChI=1S/C18H15F6N3O3S.C18H15F6N3OS/c1-2-9-6-14(13(18(22,23)24)8-12(9)15(28)27-16(25)26)31(29,30)11-5-3-4-10(7-11)17(19,20)21;1-2-9-6-14(29-11-5-3-4-10(7-11)17(19,20)21)13(18(22,23)24)8-12(9)15(28)27-16(25)26/h3-8H,2H2,1H3,(H4,25,26,27,28);3-8H,2H2,1H3,(H4,25,26,27,28). The summed E-state index contributed by atoms with van der Waals surface area (Å²) >= 11 is 0.519. The molecule has 0 atom stereocenters. The summed E-state index contributed by atoms with van der Waals surface area (Å²) in [6, 6.07) is 8.87. The first-order valence-corrected chi connectivity index (χ1v) is 18.7. The summed E-state index contributed by atoms with van der Waals surface area (Å²) in [7, 11) is -5.05. The van der Waals surface area contributed by atoms with Crippen LogP contribution in [0.4, 0.5) is 52.7 Å². The third-order valence-electron chi connectivity index (χ3n) is 7.86. The number of guanidine groups is 2. The second-order valence-corrected chi connectivity index (χ2v) is 15.1. The lowest BCUT2D eigenvalue weighted by Gasteiger charge is -2.17. The van der Waals surface area contributed by atoms with E-state index < -0.39 is 95.9 Å². The lowest BCUT2D eigenvalue weighted by atomic mass is 10.0. The Bertz CT molecular complexity index is 2440. The van der Waals surface area contributed by atoms with Crippen molar-refractivity contribution >= 4 is 45.3 Å². The fourth-order valence-corrected chi connectivity index (χ4v) is 7.79. The molecule has 324 valence electrons. The van der Waals surface area contributed by atoms with Crippen LogP contribution in [0.5, 0.6) is 0 Å². The van der Waals surface area contributed by atoms with E-state index in [0.29, 0.717) is 30.0 Å². The van der Waals surface area contributed by atoms with Crippen molar-refractivity contribution in [2.75, 3.05) is 0 Å². The normalized spacial score (nSPS) is 12.2. The molecule has 0 saturated carbocycles. The Balaban J connectivity index is 0.000000321. The quantitative estimate of drug-likeness (QED) is 0.0763. The van der Waals surface area contributed by atoms with Gasteiger partial charge < -0.3 is 22.9 Å². The summed E-state index contributed by atoms with van der Waals surface area (Å²) in [5.41, 5.74) is 14.3. The maximum Gasteiger partial charge on any atom is 0.417 e. The second-order valence-electron chi connectivity index (χ2n) is 12.1. The highest BCUT2D eigenvalue weighted by atomic mass is 32.2. The molecule has 0 unspecified atom stereocenters. The highest BCUT2D eigenvalue weighted by molar-refractivity contribution is 7.99. The van der Waals surface area contributed by atoms with Crippen LogP contribution in [0.1, 0.15) is 67.9 Å². The minimum Gasteiger partial charge on any atom is -0.370 e. The van der Waals surface area contributed by atoms with E-state index in [4.69, 9.17) is 22.9 Å². The number of aryl methyl sites for hydroxylation is 2. The van der Waals surface area contributed by atoms with Gasteiger partial charge in [-0.2, -0.15) is 62.7 Å². The van der Waals surface area contributed by atoms with Crippen LogP contribution in [-0.4, -0.2) is 32.2 Å². The zero-order valence-corrected chi connectivity index (χ0v) is 32.2. The van der Waals surface area contributed by atoms with Crippen molar-refractivity contribution in [3.05, 3.63) is 117 Å². The van der Waals surface area contributed by atoms with E-state index in [-0.39, 0.29) is 51.5 Å². The summed E-state index contributed by atoms with van der Waals surface area (Å²) in [6.45, 7) is 3.03. The molecule has 0 aliphatic carbocycles. The first-order chi connectivity index (χ1) is 27.4. The fourth-order valence-electron chi connectivity index (χ4n) is 5.16. The van der Waals surface area contributed by atoms with Crippen molar-refractivity contribution in [1.29, 1.82) is 0 Å². The third kappa shape index (κ3) is 12.1. The van der Waals surface area contributed by atoms with Crippen molar-refractivity contribution in [3.8, 4) is 0 Å². The van der Waals surface area contributed by atoms with Gasteiger partial charge in [0, 0.05) is 20.9 Å². The SMILES string of the molecule is CCc1cc(S(=O)(=O)c2cccc(C(F)(F)F)c2)c(C(F)(F)F)cc1C(=O)N=C(N)N.CCc1cc(Sc2cccc(C(F)(F)F)c2)c(C(F)(F)F)cc1C(=O)N=C(N)N. The van der Waals surface area contributed by atoms with Crippen molar-refractivity contribution in [3.63, 3.8) is 0 Å². The minimum atomic E-state index is -5.26. The Labute approximate surface area is 336 Å². The molecule has 0 radical (unpaired) electrons. The van der Waals surface area contributed by atoms with Gasteiger partial charge in [-0.1, -0.05) is 37.7 Å². The van der Waals surface area contributed by atoms with Crippen LogP contribution in [0, 0.1) is 0 Å². The molecule has 10 nitrogen and oxygen atoms in total. The van der Waals surface area contributed by atoms with E-state index >= 15 is 0 Å². The van der Waals surface area contributed by atoms with Gasteiger partial charge >= 0.3 is 24.7 Å². The largest absolute Gasteiger partial charge is 0.417 e. The van der Waals surface area contributed by atoms with Crippen LogP contribution < -0.4 is 22.9 Å². The van der Waals surface area contributed by atoms with Gasteiger partial charge in [0.15, 0.2) is 11.9 Å². The van der Waals surface area contributed by atoms with E-state index in [1.807, 2.05) is 0 Å². The number of benzene rings is 4. The molecule has 0 saturated heterocycles. The molecule has 8 N–H and O–H groups in total. The van der Waals surface area contributed by atoms with Crippen molar-refractivity contribution in [1.82, 2.24) is 0 Å². The predicted octanol–water partition coefficient (Wildman–Crippen LogP) is 8.38. The lowest BCUT2D eigenvalue weighted by Crippen LogP contribution is -2.25. The number of hydrogen-bond acceptors (Lipinski definition) is 5. The van der Waals surface area contributed by atoms with Gasteiger partial charge in [-0.15, -0.1) is 0 Å². The molecule has 0 aliphatic heterocycles. The van der Waals surface area contributed by atoms with Crippen LogP contribution in [0.15, 0.2) is 102 Å². The maximum atomic E-state index is 13.7. The van der Waals surface area contributed by atoms with Gasteiger partial charge in [0.05, 0.1) is 32.0 Å². The van der Waals surface area contributed by atoms with Gasteiger partial charge in [-0.3, -0.25) is 9.59 Å². The number of halogens is 12. The Kier molecular flexibility index (Phi) is 14.8. The molecule has 2 amide bonds. The van der Waals surface area contributed by atoms with Gasteiger partial charge in [0.1, 0.15) is 0 Å². The zero-order chi connectivity index (χ0) is 45.8. The molecule has 0 bridgehead atoms. The molecule has 24 heteroatoms. The zero-order valence-electron chi connectivity index (χ0n) is 30.5. The second kappa shape index (κ2) is 18.2. The first kappa shape index (κ1) is 48.6. The summed E-state index contributed by atoms with van der Waals surface area (Å²) in [4.78, 5) is 28.0. The number of hydrogen-bond donors (Lipinski definition) is 4. The number of aliphatic imine (C=N–C) groups is 2. The van der Waals surface area contributed by atoms with Gasteiger partial charge in [0.2, 0.25) is 9.84 Å². The van der Waals surface area contributed by atoms with Crippen LogP contribution in [0.2, 0.25) is 0 Å². The molecule has 4 aromatic rings. The van der Waals surface area contributed by atoms with E-state index in [2.05, 4.69) is 9.98 Å². The van der Waals surface area contributed by atoms with E-state index in [1.165, 1.54) is 13.0 Å². The number of rotatable bonds is 8. The Morgan fingerprint density at radius 1 is 0.583 bits per heavy atom. The topological polar surface area (TPSA) is 197 Å². The average Bonchev–Trinajstić information content (AvgIpc) is 3.12. The minimum absolute atomic E-state index is 0.0318. The number of carbonyl (C=O) groups excluding carboxylic acids is 2. The number of amides is 2. The van der Waals surface area contributed by atoms with Crippen molar-refractivity contribution in [2.45, 2.75) is 71.0 Å². The fraction of sp³-hybridized carbons (Fsp3) is 0.222. The highest BCUT2D eigenvalue weighted by Crippen LogP contribution is 2.43. The van der Waals surface area contributed by atoms with Crippen LogP contribution in [0.25, 0.3) is 0 Å².